The highest BCUT2D eigenvalue weighted by Gasteiger charge is 2.50. The summed E-state index contributed by atoms with van der Waals surface area (Å²) in [5, 5.41) is 8.16. The Labute approximate surface area is 169 Å². The zero-order valence-electron chi connectivity index (χ0n) is 16.5. The molecule has 1 aromatic carbocycles. The van der Waals surface area contributed by atoms with E-state index in [9.17, 15) is 4.79 Å². The SMILES string of the molecule is Cc1nnc(N2C[C@H]3CN(C(=O)c4ccccn4)[C@H](c4ccccc4C)[C@H]3C2)o1. The Bertz CT molecular complexity index is 1030. The number of rotatable bonds is 3. The Morgan fingerprint density at radius 1 is 1.03 bits per heavy atom. The highest BCUT2D eigenvalue weighted by molar-refractivity contribution is 5.93. The molecule has 7 nitrogen and oxygen atoms in total. The zero-order valence-corrected chi connectivity index (χ0v) is 16.5. The van der Waals surface area contributed by atoms with Crippen molar-refractivity contribution < 1.29 is 9.21 Å². The maximum absolute atomic E-state index is 13.3. The molecule has 0 radical (unpaired) electrons. The average molecular weight is 389 g/mol. The van der Waals surface area contributed by atoms with E-state index < -0.39 is 0 Å². The van der Waals surface area contributed by atoms with Crippen molar-refractivity contribution >= 4 is 11.9 Å². The van der Waals surface area contributed by atoms with E-state index in [1.165, 1.54) is 11.1 Å². The number of aromatic nitrogens is 3. The number of carbonyl (C=O) groups excluding carboxylic acids is 1. The monoisotopic (exact) mass is 389 g/mol. The van der Waals surface area contributed by atoms with E-state index in [0.29, 0.717) is 36.0 Å². The molecule has 4 heterocycles. The van der Waals surface area contributed by atoms with Gasteiger partial charge in [0, 0.05) is 44.6 Å². The van der Waals surface area contributed by atoms with Gasteiger partial charge < -0.3 is 14.2 Å². The summed E-state index contributed by atoms with van der Waals surface area (Å²) in [5.74, 6) is 1.21. The Kier molecular flexibility index (Phi) is 4.30. The van der Waals surface area contributed by atoms with Gasteiger partial charge in [0.05, 0.1) is 6.04 Å². The molecule has 2 aliphatic heterocycles. The van der Waals surface area contributed by atoms with Crippen molar-refractivity contribution in [2.75, 3.05) is 24.5 Å². The maximum atomic E-state index is 13.3. The number of pyridine rings is 1. The first kappa shape index (κ1) is 17.8. The molecule has 0 spiro atoms. The lowest BCUT2D eigenvalue weighted by Crippen LogP contribution is -2.36. The lowest BCUT2D eigenvalue weighted by Gasteiger charge is -2.30. The zero-order chi connectivity index (χ0) is 20.0. The maximum Gasteiger partial charge on any atom is 0.318 e. The highest BCUT2D eigenvalue weighted by Crippen LogP contribution is 2.46. The summed E-state index contributed by atoms with van der Waals surface area (Å²) < 4.78 is 5.65. The molecule has 0 bridgehead atoms. The molecule has 3 atom stereocenters. The molecule has 0 unspecified atom stereocenters. The van der Waals surface area contributed by atoms with Gasteiger partial charge in [0.25, 0.3) is 5.91 Å². The quantitative estimate of drug-likeness (QED) is 0.685. The van der Waals surface area contributed by atoms with E-state index in [1.807, 2.05) is 29.2 Å². The van der Waals surface area contributed by atoms with Crippen LogP contribution < -0.4 is 4.90 Å². The number of nitrogens with zero attached hydrogens (tertiary/aromatic N) is 5. The van der Waals surface area contributed by atoms with E-state index in [1.54, 1.807) is 19.2 Å². The minimum Gasteiger partial charge on any atom is -0.408 e. The van der Waals surface area contributed by atoms with E-state index in [-0.39, 0.29) is 11.9 Å². The lowest BCUT2D eigenvalue weighted by molar-refractivity contribution is 0.0709. The summed E-state index contributed by atoms with van der Waals surface area (Å²) in [4.78, 5) is 21.8. The Morgan fingerprint density at radius 2 is 1.86 bits per heavy atom. The van der Waals surface area contributed by atoms with Crippen molar-refractivity contribution in [1.82, 2.24) is 20.1 Å². The third-order valence-corrected chi connectivity index (χ3v) is 6.10. The predicted octanol–water partition coefficient (Wildman–Crippen LogP) is 3.03. The van der Waals surface area contributed by atoms with Crippen molar-refractivity contribution in [3.8, 4) is 0 Å². The summed E-state index contributed by atoms with van der Waals surface area (Å²) in [6, 6.07) is 14.4. The first-order valence-corrected chi connectivity index (χ1v) is 9.94. The van der Waals surface area contributed by atoms with Crippen molar-refractivity contribution in [3.05, 3.63) is 71.4 Å². The van der Waals surface area contributed by atoms with E-state index in [0.717, 1.165) is 13.1 Å². The normalized spacial score (nSPS) is 23.4. The largest absolute Gasteiger partial charge is 0.408 e. The number of hydrogen-bond donors (Lipinski definition) is 0. The molecule has 3 aromatic rings. The van der Waals surface area contributed by atoms with Crippen LogP contribution in [0.1, 0.15) is 33.5 Å². The summed E-state index contributed by atoms with van der Waals surface area (Å²) in [6.07, 6.45) is 1.67. The minimum absolute atomic E-state index is 0.00437. The fraction of sp³-hybridized carbons (Fsp3) is 0.364. The van der Waals surface area contributed by atoms with Crippen molar-refractivity contribution in [3.63, 3.8) is 0 Å². The Balaban J connectivity index is 1.50. The number of carbonyl (C=O) groups is 1. The number of benzene rings is 1. The van der Waals surface area contributed by atoms with E-state index in [4.69, 9.17) is 4.42 Å². The molecular weight excluding hydrogens is 366 g/mol. The smallest absolute Gasteiger partial charge is 0.318 e. The number of aryl methyl sites for hydroxylation is 2. The number of amides is 1. The second kappa shape index (κ2) is 6.99. The molecule has 29 heavy (non-hydrogen) atoms. The average Bonchev–Trinajstić information content (AvgIpc) is 3.42. The van der Waals surface area contributed by atoms with Crippen LogP contribution in [0.5, 0.6) is 0 Å². The molecule has 0 aliphatic carbocycles. The number of fused-ring (bicyclic) bond motifs is 1. The molecule has 2 aromatic heterocycles. The van der Waals surface area contributed by atoms with Crippen LogP contribution in [0.2, 0.25) is 0 Å². The number of anilines is 1. The van der Waals surface area contributed by atoms with Gasteiger partial charge in [-0.3, -0.25) is 9.78 Å². The van der Waals surface area contributed by atoms with Crippen LogP contribution >= 0.6 is 0 Å². The summed E-state index contributed by atoms with van der Waals surface area (Å²) >= 11 is 0. The fourth-order valence-corrected chi connectivity index (χ4v) is 4.78. The van der Waals surface area contributed by atoms with Crippen LogP contribution in [0, 0.1) is 25.7 Å². The van der Waals surface area contributed by atoms with Crippen LogP contribution in [0.15, 0.2) is 53.1 Å². The Hall–Kier alpha value is -3.22. The molecule has 1 amide bonds. The first-order chi connectivity index (χ1) is 14.1. The molecule has 2 fully saturated rings. The van der Waals surface area contributed by atoms with Gasteiger partial charge >= 0.3 is 6.01 Å². The molecule has 0 N–H and O–H groups in total. The molecule has 0 saturated carbocycles. The summed E-state index contributed by atoms with van der Waals surface area (Å²) in [5.41, 5.74) is 2.90. The molecule has 2 saturated heterocycles. The van der Waals surface area contributed by atoms with Crippen LogP contribution in [-0.4, -0.2) is 45.6 Å². The van der Waals surface area contributed by atoms with Gasteiger partial charge in [-0.2, -0.15) is 0 Å². The summed E-state index contributed by atoms with van der Waals surface area (Å²) in [6.45, 7) is 6.21. The molecular formula is C22H23N5O2. The van der Waals surface area contributed by atoms with Gasteiger partial charge in [-0.05, 0) is 30.2 Å². The lowest BCUT2D eigenvalue weighted by atomic mass is 9.87. The predicted molar refractivity (Wildman–Crippen MR) is 107 cm³/mol. The third kappa shape index (κ3) is 3.06. The third-order valence-electron chi connectivity index (χ3n) is 6.10. The molecule has 148 valence electrons. The van der Waals surface area contributed by atoms with Crippen molar-refractivity contribution in [2.24, 2.45) is 11.8 Å². The standard InChI is InChI=1S/C22H23N5O2/c1-14-7-3-4-8-17(14)20-18-13-26(22-25-24-15(2)29-22)11-16(18)12-27(20)21(28)19-9-5-6-10-23-19/h3-10,16,18,20H,11-13H2,1-2H3/t16-,18-,20+/m0/s1. The van der Waals surface area contributed by atoms with Crippen LogP contribution in [0.4, 0.5) is 6.01 Å². The summed E-state index contributed by atoms with van der Waals surface area (Å²) in [7, 11) is 0. The molecule has 7 heteroatoms. The Morgan fingerprint density at radius 3 is 2.59 bits per heavy atom. The van der Waals surface area contributed by atoms with Gasteiger partial charge in [0.15, 0.2) is 0 Å². The van der Waals surface area contributed by atoms with Gasteiger partial charge in [-0.1, -0.05) is 35.4 Å². The number of likely N-dealkylation sites (tertiary alicyclic amines) is 1. The molecule has 2 aliphatic rings. The molecule has 5 rings (SSSR count). The van der Waals surface area contributed by atoms with Gasteiger partial charge in [-0.15, -0.1) is 5.10 Å². The topological polar surface area (TPSA) is 75.4 Å². The number of hydrogen-bond acceptors (Lipinski definition) is 6. The van der Waals surface area contributed by atoms with Gasteiger partial charge in [0.1, 0.15) is 5.69 Å². The highest BCUT2D eigenvalue weighted by atomic mass is 16.4. The van der Waals surface area contributed by atoms with E-state index >= 15 is 0 Å². The second-order valence-corrected chi connectivity index (χ2v) is 7.91. The van der Waals surface area contributed by atoms with E-state index in [2.05, 4.69) is 39.1 Å². The minimum atomic E-state index is -0.00608. The van der Waals surface area contributed by atoms with Crippen LogP contribution in [-0.2, 0) is 0 Å². The second-order valence-electron chi connectivity index (χ2n) is 7.91. The van der Waals surface area contributed by atoms with Gasteiger partial charge in [0.2, 0.25) is 5.89 Å². The van der Waals surface area contributed by atoms with Crippen LogP contribution in [0.3, 0.4) is 0 Å². The van der Waals surface area contributed by atoms with Crippen LogP contribution in [0.25, 0.3) is 0 Å². The first-order valence-electron chi connectivity index (χ1n) is 9.94. The van der Waals surface area contributed by atoms with Crippen molar-refractivity contribution in [1.29, 1.82) is 0 Å². The van der Waals surface area contributed by atoms with Crippen molar-refractivity contribution in [2.45, 2.75) is 19.9 Å². The van der Waals surface area contributed by atoms with Gasteiger partial charge in [-0.25, -0.2) is 0 Å². The fourth-order valence-electron chi connectivity index (χ4n) is 4.78.